The third kappa shape index (κ3) is 2.37. The van der Waals surface area contributed by atoms with Gasteiger partial charge in [-0.1, -0.05) is 6.92 Å². The number of carbonyl (C=O) groups is 2. The Balaban J connectivity index is 1.61. The first-order chi connectivity index (χ1) is 9.11. The number of hydrazine groups is 1. The molecule has 2 N–H and O–H groups in total. The third-order valence-electron chi connectivity index (χ3n) is 5.31. The number of nitrogens with one attached hydrogen (secondary N) is 2. The predicted molar refractivity (Wildman–Crippen MR) is 71.8 cm³/mol. The van der Waals surface area contributed by atoms with E-state index in [-0.39, 0.29) is 17.2 Å². The molecule has 4 bridgehead atoms. The van der Waals surface area contributed by atoms with Crippen LogP contribution in [-0.2, 0) is 9.59 Å². The maximum Gasteiger partial charge on any atom is 0.244 e. The van der Waals surface area contributed by atoms with E-state index >= 15 is 0 Å². The second kappa shape index (κ2) is 4.80. The Morgan fingerprint density at radius 3 is 2.00 bits per heavy atom. The highest BCUT2D eigenvalue weighted by atomic mass is 16.2. The minimum atomic E-state index is -0.172. The molecule has 0 spiro atoms. The van der Waals surface area contributed by atoms with E-state index in [0.717, 1.165) is 43.4 Å². The molecule has 4 rings (SSSR count). The van der Waals surface area contributed by atoms with Gasteiger partial charge in [0.1, 0.15) is 0 Å². The van der Waals surface area contributed by atoms with Gasteiger partial charge in [0.25, 0.3) is 0 Å². The Morgan fingerprint density at radius 1 is 1.00 bits per heavy atom. The number of carbonyl (C=O) groups excluding carboxylic acids is 2. The monoisotopic (exact) mass is 264 g/mol. The van der Waals surface area contributed by atoms with Crippen molar-refractivity contribution < 1.29 is 9.59 Å². The first kappa shape index (κ1) is 12.9. The summed E-state index contributed by atoms with van der Waals surface area (Å²) in [6.07, 6.45) is 8.37. The largest absolute Gasteiger partial charge is 0.273 e. The summed E-state index contributed by atoms with van der Waals surface area (Å²) in [6, 6.07) is 0. The second-order valence-corrected chi connectivity index (χ2v) is 6.95. The summed E-state index contributed by atoms with van der Waals surface area (Å²) in [4.78, 5) is 23.9. The van der Waals surface area contributed by atoms with Crippen molar-refractivity contribution in [2.45, 2.75) is 58.3 Å². The fourth-order valence-electron chi connectivity index (χ4n) is 4.94. The van der Waals surface area contributed by atoms with Crippen LogP contribution in [0.15, 0.2) is 0 Å². The van der Waals surface area contributed by atoms with Gasteiger partial charge in [0.15, 0.2) is 0 Å². The van der Waals surface area contributed by atoms with Gasteiger partial charge in [-0.25, -0.2) is 0 Å². The standard InChI is InChI=1S/C15H24N2O2/c1-2-3-13(18)16-17-14(19)15-7-10-4-11(8-15)6-12(5-10)9-15/h10-12H,2-9H2,1H3,(H,16,18)(H,17,19). The van der Waals surface area contributed by atoms with E-state index in [0.29, 0.717) is 6.42 Å². The summed E-state index contributed by atoms with van der Waals surface area (Å²) in [5, 5.41) is 0. The minimum absolute atomic E-state index is 0.0658. The van der Waals surface area contributed by atoms with Crippen molar-refractivity contribution >= 4 is 11.8 Å². The van der Waals surface area contributed by atoms with Crippen LogP contribution in [0.1, 0.15) is 58.3 Å². The van der Waals surface area contributed by atoms with Gasteiger partial charge >= 0.3 is 0 Å². The summed E-state index contributed by atoms with van der Waals surface area (Å²) in [5.41, 5.74) is 5.08. The van der Waals surface area contributed by atoms with Crippen LogP contribution in [0.2, 0.25) is 0 Å². The molecule has 0 atom stereocenters. The summed E-state index contributed by atoms with van der Waals surface area (Å²) in [7, 11) is 0. The van der Waals surface area contributed by atoms with Crippen molar-refractivity contribution in [3.63, 3.8) is 0 Å². The van der Waals surface area contributed by atoms with Gasteiger partial charge < -0.3 is 0 Å². The molecule has 0 aliphatic heterocycles. The lowest BCUT2D eigenvalue weighted by atomic mass is 9.49. The molecule has 0 aromatic heterocycles. The molecule has 0 heterocycles. The number of hydrogen-bond donors (Lipinski definition) is 2. The Kier molecular flexibility index (Phi) is 3.27. The summed E-state index contributed by atoms with van der Waals surface area (Å²) >= 11 is 0. The zero-order valence-electron chi connectivity index (χ0n) is 11.7. The van der Waals surface area contributed by atoms with E-state index in [1.54, 1.807) is 0 Å². The first-order valence-corrected chi connectivity index (χ1v) is 7.70. The average Bonchev–Trinajstić information content (AvgIpc) is 2.34. The topological polar surface area (TPSA) is 58.2 Å². The summed E-state index contributed by atoms with van der Waals surface area (Å²) in [5.74, 6) is 2.24. The Labute approximate surface area is 114 Å². The molecule has 0 unspecified atom stereocenters. The third-order valence-corrected chi connectivity index (χ3v) is 5.31. The Bertz CT molecular complexity index is 356. The molecule has 4 aliphatic rings. The van der Waals surface area contributed by atoms with Crippen LogP contribution in [0.25, 0.3) is 0 Å². The predicted octanol–water partition coefficient (Wildman–Crippen LogP) is 2.15. The molecule has 106 valence electrons. The molecule has 2 amide bonds. The molecule has 4 heteroatoms. The van der Waals surface area contributed by atoms with Crippen LogP contribution in [-0.4, -0.2) is 11.8 Å². The van der Waals surface area contributed by atoms with Crippen LogP contribution >= 0.6 is 0 Å². The van der Waals surface area contributed by atoms with Crippen molar-refractivity contribution in [3.05, 3.63) is 0 Å². The lowest BCUT2D eigenvalue weighted by molar-refractivity contribution is -0.148. The van der Waals surface area contributed by atoms with Gasteiger partial charge in [0, 0.05) is 6.42 Å². The van der Waals surface area contributed by atoms with E-state index in [2.05, 4.69) is 10.9 Å². The van der Waals surface area contributed by atoms with Gasteiger partial charge in [-0.2, -0.15) is 0 Å². The number of amides is 2. The van der Waals surface area contributed by atoms with Crippen molar-refractivity contribution in [2.24, 2.45) is 23.2 Å². The lowest BCUT2D eigenvalue weighted by Gasteiger charge is -2.55. The van der Waals surface area contributed by atoms with Crippen LogP contribution in [0.3, 0.4) is 0 Å². The Hall–Kier alpha value is -1.06. The van der Waals surface area contributed by atoms with Gasteiger partial charge in [-0.3, -0.25) is 20.4 Å². The highest BCUT2D eigenvalue weighted by molar-refractivity contribution is 5.86. The quantitative estimate of drug-likeness (QED) is 0.767. The van der Waals surface area contributed by atoms with Crippen LogP contribution in [0.5, 0.6) is 0 Å². The molecule has 4 aliphatic carbocycles. The normalized spacial score (nSPS) is 39.1. The fourth-order valence-corrected chi connectivity index (χ4v) is 4.94. The van der Waals surface area contributed by atoms with E-state index in [1.165, 1.54) is 19.3 Å². The summed E-state index contributed by atoms with van der Waals surface area (Å²) in [6.45, 7) is 1.96. The molecule has 0 aromatic carbocycles. The fraction of sp³-hybridized carbons (Fsp3) is 0.867. The highest BCUT2D eigenvalue weighted by Crippen LogP contribution is 2.59. The van der Waals surface area contributed by atoms with Gasteiger partial charge in [0.05, 0.1) is 5.41 Å². The zero-order chi connectivity index (χ0) is 13.5. The molecule has 19 heavy (non-hydrogen) atoms. The average molecular weight is 264 g/mol. The van der Waals surface area contributed by atoms with Crippen LogP contribution < -0.4 is 10.9 Å². The van der Waals surface area contributed by atoms with E-state index in [9.17, 15) is 9.59 Å². The van der Waals surface area contributed by atoms with Crippen molar-refractivity contribution in [2.75, 3.05) is 0 Å². The smallest absolute Gasteiger partial charge is 0.244 e. The summed E-state index contributed by atoms with van der Waals surface area (Å²) < 4.78 is 0. The molecule has 4 fully saturated rings. The maximum atomic E-state index is 12.5. The van der Waals surface area contributed by atoms with Crippen LogP contribution in [0, 0.1) is 23.2 Å². The zero-order valence-corrected chi connectivity index (χ0v) is 11.7. The maximum absolute atomic E-state index is 12.5. The van der Waals surface area contributed by atoms with Crippen molar-refractivity contribution in [3.8, 4) is 0 Å². The SMILES string of the molecule is CCCC(=O)NNC(=O)C12CC3CC(CC(C3)C1)C2. The molecule has 0 saturated heterocycles. The Morgan fingerprint density at radius 2 is 1.53 bits per heavy atom. The van der Waals surface area contributed by atoms with E-state index < -0.39 is 0 Å². The van der Waals surface area contributed by atoms with Gasteiger partial charge in [-0.05, 0) is 62.7 Å². The minimum Gasteiger partial charge on any atom is -0.273 e. The van der Waals surface area contributed by atoms with E-state index in [1.807, 2.05) is 6.92 Å². The molecule has 0 radical (unpaired) electrons. The molecular weight excluding hydrogens is 240 g/mol. The highest BCUT2D eigenvalue weighted by Gasteiger charge is 2.54. The van der Waals surface area contributed by atoms with Crippen molar-refractivity contribution in [1.29, 1.82) is 0 Å². The lowest BCUT2D eigenvalue weighted by Crippen LogP contribution is -2.56. The van der Waals surface area contributed by atoms with Crippen LogP contribution in [0.4, 0.5) is 0 Å². The van der Waals surface area contributed by atoms with E-state index in [4.69, 9.17) is 0 Å². The molecular formula is C15H24N2O2. The first-order valence-electron chi connectivity index (χ1n) is 7.70. The number of hydrogen-bond acceptors (Lipinski definition) is 2. The van der Waals surface area contributed by atoms with Crippen molar-refractivity contribution in [1.82, 2.24) is 10.9 Å². The molecule has 4 nitrogen and oxygen atoms in total. The molecule has 0 aromatic rings. The van der Waals surface area contributed by atoms with Gasteiger partial charge in [0.2, 0.25) is 11.8 Å². The number of rotatable bonds is 3. The van der Waals surface area contributed by atoms with Gasteiger partial charge in [-0.15, -0.1) is 0 Å². The second-order valence-electron chi connectivity index (χ2n) is 6.95. The molecule has 4 saturated carbocycles.